The van der Waals surface area contributed by atoms with Crippen molar-refractivity contribution in [2.75, 3.05) is 5.75 Å². The lowest BCUT2D eigenvalue weighted by atomic mass is 9.89. The van der Waals surface area contributed by atoms with Gasteiger partial charge in [0, 0.05) is 22.9 Å². The fourth-order valence-electron chi connectivity index (χ4n) is 2.80. The number of hydrogen-bond acceptors (Lipinski definition) is 4. The molecule has 1 heterocycles. The molecule has 3 N–H and O–H groups in total. The van der Waals surface area contributed by atoms with Gasteiger partial charge in [0.15, 0.2) is 5.17 Å². The molecule has 0 bridgehead atoms. The normalized spacial score (nSPS) is 20.0. The fourth-order valence-corrected chi connectivity index (χ4v) is 3.90. The van der Waals surface area contributed by atoms with E-state index in [1.54, 1.807) is 36.0 Å². The molecule has 0 fully saturated rings. The molecule has 3 rings (SSSR count). The number of thioether (sulfide) groups is 1. The average Bonchev–Trinajstić information content (AvgIpc) is 2.60. The number of nitrogens with one attached hydrogen (secondary N) is 1. The van der Waals surface area contributed by atoms with E-state index in [1.165, 1.54) is 0 Å². The van der Waals surface area contributed by atoms with E-state index in [1.807, 2.05) is 12.1 Å². The predicted octanol–water partition coefficient (Wildman–Crippen LogP) is 3.94. The Bertz CT molecular complexity index is 807. The molecule has 0 saturated heterocycles. The van der Waals surface area contributed by atoms with Crippen molar-refractivity contribution in [2.24, 2.45) is 10.7 Å². The van der Waals surface area contributed by atoms with Crippen molar-refractivity contribution in [3.8, 4) is 0 Å². The van der Waals surface area contributed by atoms with Crippen LogP contribution in [0.25, 0.3) is 0 Å². The highest BCUT2D eigenvalue weighted by atomic mass is 35.5. The van der Waals surface area contributed by atoms with Gasteiger partial charge in [0.2, 0.25) is 0 Å². The highest BCUT2D eigenvalue weighted by Crippen LogP contribution is 2.35. The van der Waals surface area contributed by atoms with Crippen molar-refractivity contribution in [3.05, 3.63) is 70.2 Å². The number of rotatable bonds is 4. The van der Waals surface area contributed by atoms with Crippen molar-refractivity contribution < 1.29 is 4.79 Å². The van der Waals surface area contributed by atoms with Gasteiger partial charge in [0.05, 0.1) is 5.54 Å². The molecular formula is C19H20ClN3OS. The Kier molecular flexibility index (Phi) is 5.35. The largest absolute Gasteiger partial charge is 0.379 e. The topological polar surface area (TPSA) is 67.5 Å². The van der Waals surface area contributed by atoms with Crippen LogP contribution in [0.5, 0.6) is 0 Å². The van der Waals surface area contributed by atoms with E-state index in [2.05, 4.69) is 29.4 Å². The highest BCUT2D eigenvalue weighted by Gasteiger charge is 2.29. The Balaban J connectivity index is 1.71. The lowest BCUT2D eigenvalue weighted by Crippen LogP contribution is -2.29. The number of nitrogens with two attached hydrogens (primary N) is 1. The van der Waals surface area contributed by atoms with Gasteiger partial charge in [-0.2, -0.15) is 0 Å². The fraction of sp³-hybridized carbons (Fsp3) is 0.263. The van der Waals surface area contributed by atoms with Gasteiger partial charge in [0.1, 0.15) is 0 Å². The SMILES string of the molecule is CC1(c2cccc(CNC(=O)c3ccc(Cl)cc3)c2)CCSC(N)=N1. The quantitative estimate of drug-likeness (QED) is 0.853. The summed E-state index contributed by atoms with van der Waals surface area (Å²) in [6.45, 7) is 2.56. The number of aliphatic imine (C=N–C) groups is 1. The van der Waals surface area contributed by atoms with Gasteiger partial charge in [-0.25, -0.2) is 0 Å². The zero-order chi connectivity index (χ0) is 17.9. The van der Waals surface area contributed by atoms with Gasteiger partial charge >= 0.3 is 0 Å². The molecule has 130 valence electrons. The minimum atomic E-state index is -0.300. The maximum atomic E-state index is 12.2. The first-order valence-corrected chi connectivity index (χ1v) is 9.44. The van der Waals surface area contributed by atoms with E-state index in [0.29, 0.717) is 22.3 Å². The lowest BCUT2D eigenvalue weighted by Gasteiger charge is -2.30. The van der Waals surface area contributed by atoms with Crippen LogP contribution in [0.15, 0.2) is 53.5 Å². The highest BCUT2D eigenvalue weighted by molar-refractivity contribution is 8.13. The third-order valence-corrected chi connectivity index (χ3v) is 5.35. The standard InChI is InChI=1S/C19H20ClN3OS/c1-19(9-10-25-18(21)23-19)15-4-2-3-13(11-15)12-22-17(24)14-5-7-16(20)8-6-14/h2-8,11H,9-10,12H2,1H3,(H2,21,23)(H,22,24). The molecule has 1 unspecified atom stereocenters. The van der Waals surface area contributed by atoms with Gasteiger partial charge in [0.25, 0.3) is 5.91 Å². The monoisotopic (exact) mass is 373 g/mol. The molecule has 4 nitrogen and oxygen atoms in total. The maximum Gasteiger partial charge on any atom is 0.251 e. The first kappa shape index (κ1) is 17.8. The average molecular weight is 374 g/mol. The summed E-state index contributed by atoms with van der Waals surface area (Å²) in [5.74, 6) is 0.841. The summed E-state index contributed by atoms with van der Waals surface area (Å²) in [6.07, 6.45) is 0.943. The van der Waals surface area contributed by atoms with Gasteiger partial charge in [-0.15, -0.1) is 0 Å². The van der Waals surface area contributed by atoms with Crippen molar-refractivity contribution in [3.63, 3.8) is 0 Å². The molecule has 1 aliphatic heterocycles. The molecule has 0 aromatic heterocycles. The van der Waals surface area contributed by atoms with E-state index >= 15 is 0 Å². The zero-order valence-electron chi connectivity index (χ0n) is 14.0. The summed E-state index contributed by atoms with van der Waals surface area (Å²) >= 11 is 7.44. The molecule has 0 radical (unpaired) electrons. The number of amides is 1. The summed E-state index contributed by atoms with van der Waals surface area (Å²) < 4.78 is 0. The Labute approximate surface area is 156 Å². The molecule has 0 spiro atoms. The third-order valence-electron chi connectivity index (χ3n) is 4.30. The van der Waals surface area contributed by atoms with Gasteiger partial charge in [-0.3, -0.25) is 9.79 Å². The van der Waals surface area contributed by atoms with E-state index in [4.69, 9.17) is 17.3 Å². The minimum Gasteiger partial charge on any atom is -0.379 e. The van der Waals surface area contributed by atoms with Crippen molar-refractivity contribution in [2.45, 2.75) is 25.4 Å². The Morgan fingerprint density at radius 1 is 1.32 bits per heavy atom. The summed E-state index contributed by atoms with van der Waals surface area (Å²) in [4.78, 5) is 16.9. The lowest BCUT2D eigenvalue weighted by molar-refractivity contribution is 0.0951. The number of hydrogen-bond donors (Lipinski definition) is 2. The smallest absolute Gasteiger partial charge is 0.251 e. The molecule has 25 heavy (non-hydrogen) atoms. The Hall–Kier alpha value is -1.98. The van der Waals surface area contributed by atoms with Gasteiger partial charge < -0.3 is 11.1 Å². The van der Waals surface area contributed by atoms with Crippen LogP contribution in [0.2, 0.25) is 5.02 Å². The second kappa shape index (κ2) is 7.50. The first-order chi connectivity index (χ1) is 12.0. The summed E-state index contributed by atoms with van der Waals surface area (Å²) in [5.41, 5.74) is 8.35. The van der Waals surface area contributed by atoms with Crippen LogP contribution < -0.4 is 11.1 Å². The Morgan fingerprint density at radius 2 is 2.08 bits per heavy atom. The molecule has 6 heteroatoms. The van der Waals surface area contributed by atoms with E-state index in [0.717, 1.165) is 23.3 Å². The van der Waals surface area contributed by atoms with Gasteiger partial charge in [-0.1, -0.05) is 47.6 Å². The maximum absolute atomic E-state index is 12.2. The van der Waals surface area contributed by atoms with Crippen molar-refractivity contribution in [1.82, 2.24) is 5.32 Å². The molecular weight excluding hydrogens is 354 g/mol. The number of nitrogens with zero attached hydrogens (tertiary/aromatic N) is 1. The summed E-state index contributed by atoms with van der Waals surface area (Å²) in [7, 11) is 0. The number of amidine groups is 1. The molecule has 1 aliphatic rings. The Morgan fingerprint density at radius 3 is 2.80 bits per heavy atom. The van der Waals surface area contributed by atoms with Crippen LogP contribution in [0.3, 0.4) is 0 Å². The summed E-state index contributed by atoms with van der Waals surface area (Å²) in [6, 6.07) is 15.0. The minimum absolute atomic E-state index is 0.121. The van der Waals surface area contributed by atoms with Crippen LogP contribution >= 0.6 is 23.4 Å². The number of benzene rings is 2. The number of carbonyl (C=O) groups is 1. The van der Waals surface area contributed by atoms with Crippen molar-refractivity contribution in [1.29, 1.82) is 0 Å². The van der Waals surface area contributed by atoms with E-state index < -0.39 is 0 Å². The predicted molar refractivity (Wildman–Crippen MR) is 105 cm³/mol. The molecule has 2 aromatic rings. The molecule has 2 aromatic carbocycles. The molecule has 0 saturated carbocycles. The molecule has 0 aliphatic carbocycles. The van der Waals surface area contributed by atoms with Crippen LogP contribution in [0.4, 0.5) is 0 Å². The summed E-state index contributed by atoms with van der Waals surface area (Å²) in [5, 5.41) is 4.19. The first-order valence-electron chi connectivity index (χ1n) is 8.08. The van der Waals surface area contributed by atoms with Gasteiger partial charge in [-0.05, 0) is 48.7 Å². The van der Waals surface area contributed by atoms with Crippen LogP contribution in [0, 0.1) is 0 Å². The molecule has 1 amide bonds. The second-order valence-corrected chi connectivity index (χ2v) is 7.76. The third kappa shape index (κ3) is 4.35. The van der Waals surface area contributed by atoms with Crippen molar-refractivity contribution >= 4 is 34.4 Å². The van der Waals surface area contributed by atoms with Crippen LogP contribution in [-0.2, 0) is 12.1 Å². The van der Waals surface area contributed by atoms with E-state index in [-0.39, 0.29) is 11.4 Å². The van der Waals surface area contributed by atoms with Crippen LogP contribution in [-0.4, -0.2) is 16.8 Å². The second-order valence-electron chi connectivity index (χ2n) is 6.21. The van der Waals surface area contributed by atoms with Crippen LogP contribution in [0.1, 0.15) is 34.8 Å². The molecule has 1 atom stereocenters. The number of carbonyl (C=O) groups excluding carboxylic acids is 1. The zero-order valence-corrected chi connectivity index (χ0v) is 15.5. The number of halogens is 1. The van der Waals surface area contributed by atoms with E-state index in [9.17, 15) is 4.79 Å².